The van der Waals surface area contributed by atoms with Crippen LogP contribution in [0.25, 0.3) is 0 Å². The number of nitrogen functional groups attached to an aromatic ring is 2. The van der Waals surface area contributed by atoms with E-state index in [-0.39, 0.29) is 0 Å². The molecule has 0 saturated heterocycles. The van der Waals surface area contributed by atoms with Gasteiger partial charge in [0, 0.05) is 13.1 Å². The molecule has 0 aliphatic carbocycles. The predicted octanol–water partition coefficient (Wildman–Crippen LogP) is 1.000. The van der Waals surface area contributed by atoms with E-state index in [0.717, 1.165) is 31.9 Å². The summed E-state index contributed by atoms with van der Waals surface area (Å²) in [6, 6.07) is 0. The number of anilines is 3. The van der Waals surface area contributed by atoms with Gasteiger partial charge in [0.2, 0.25) is 0 Å². The molecule has 1 heterocycles. The summed E-state index contributed by atoms with van der Waals surface area (Å²) in [6.45, 7) is 8.23. The molecule has 5 N–H and O–H groups in total. The molecule has 90 valence electrons. The summed E-state index contributed by atoms with van der Waals surface area (Å²) in [5, 5.41) is 3.25. The van der Waals surface area contributed by atoms with Crippen LogP contribution in [0.1, 0.15) is 13.8 Å². The lowest BCUT2D eigenvalue weighted by atomic mass is 10.3. The highest BCUT2D eigenvalue weighted by Gasteiger charge is 2.04. The predicted molar refractivity (Wildman–Crippen MR) is 69.3 cm³/mol. The van der Waals surface area contributed by atoms with Crippen LogP contribution in [0.4, 0.5) is 17.1 Å². The molecule has 0 aliphatic rings. The van der Waals surface area contributed by atoms with E-state index in [1.807, 2.05) is 0 Å². The smallest absolute Gasteiger partial charge is 0.0839 e. The highest BCUT2D eigenvalue weighted by atomic mass is 15.1. The molecule has 0 aromatic carbocycles. The van der Waals surface area contributed by atoms with E-state index in [4.69, 9.17) is 11.5 Å². The molecular formula is C11H21N5. The number of likely N-dealkylation sites (N-methyl/N-ethyl adjacent to an activating group) is 1. The summed E-state index contributed by atoms with van der Waals surface area (Å²) in [7, 11) is 0. The van der Waals surface area contributed by atoms with E-state index in [2.05, 4.69) is 29.0 Å². The van der Waals surface area contributed by atoms with Gasteiger partial charge in [-0.3, -0.25) is 4.98 Å². The van der Waals surface area contributed by atoms with Crippen molar-refractivity contribution in [1.29, 1.82) is 0 Å². The van der Waals surface area contributed by atoms with Gasteiger partial charge in [0.05, 0.1) is 29.5 Å². The number of nitrogens with one attached hydrogen (secondary N) is 1. The molecule has 1 aromatic rings. The Morgan fingerprint density at radius 2 is 1.75 bits per heavy atom. The summed E-state index contributed by atoms with van der Waals surface area (Å²) in [4.78, 5) is 6.25. The fraction of sp³-hybridized carbons (Fsp3) is 0.545. The number of nitrogens with zero attached hydrogens (tertiary/aromatic N) is 2. The van der Waals surface area contributed by atoms with Crippen LogP contribution in [0.5, 0.6) is 0 Å². The fourth-order valence-corrected chi connectivity index (χ4v) is 1.58. The van der Waals surface area contributed by atoms with Gasteiger partial charge in [0.15, 0.2) is 0 Å². The van der Waals surface area contributed by atoms with Crippen molar-refractivity contribution in [2.75, 3.05) is 43.0 Å². The van der Waals surface area contributed by atoms with Gasteiger partial charge in [-0.05, 0) is 13.1 Å². The second-order valence-electron chi connectivity index (χ2n) is 3.65. The molecule has 0 bridgehead atoms. The number of rotatable bonds is 6. The second kappa shape index (κ2) is 6.17. The zero-order chi connectivity index (χ0) is 12.0. The minimum Gasteiger partial charge on any atom is -0.396 e. The van der Waals surface area contributed by atoms with Crippen molar-refractivity contribution in [3.05, 3.63) is 12.4 Å². The number of aromatic nitrogens is 1. The maximum atomic E-state index is 5.78. The van der Waals surface area contributed by atoms with Crippen LogP contribution < -0.4 is 16.8 Å². The van der Waals surface area contributed by atoms with Gasteiger partial charge in [-0.1, -0.05) is 13.8 Å². The minimum absolute atomic E-state index is 0.597. The quantitative estimate of drug-likeness (QED) is 0.670. The van der Waals surface area contributed by atoms with E-state index in [0.29, 0.717) is 11.4 Å². The zero-order valence-corrected chi connectivity index (χ0v) is 10.0. The normalized spacial score (nSPS) is 10.7. The molecule has 0 amide bonds. The van der Waals surface area contributed by atoms with Crippen molar-refractivity contribution in [2.45, 2.75) is 13.8 Å². The van der Waals surface area contributed by atoms with Crippen molar-refractivity contribution < 1.29 is 0 Å². The molecule has 1 aromatic heterocycles. The van der Waals surface area contributed by atoms with Crippen LogP contribution in [-0.2, 0) is 0 Å². The summed E-state index contributed by atoms with van der Waals surface area (Å²) in [5.41, 5.74) is 13.6. The third-order valence-corrected chi connectivity index (χ3v) is 2.63. The van der Waals surface area contributed by atoms with Crippen LogP contribution >= 0.6 is 0 Å². The van der Waals surface area contributed by atoms with Gasteiger partial charge >= 0.3 is 0 Å². The number of pyridine rings is 1. The minimum atomic E-state index is 0.597. The first-order valence-electron chi connectivity index (χ1n) is 5.64. The molecule has 5 nitrogen and oxygen atoms in total. The summed E-state index contributed by atoms with van der Waals surface area (Å²) in [6.07, 6.45) is 3.21. The Morgan fingerprint density at radius 3 is 2.25 bits per heavy atom. The Hall–Kier alpha value is -1.49. The third kappa shape index (κ3) is 3.27. The lowest BCUT2D eigenvalue weighted by Crippen LogP contribution is -2.28. The van der Waals surface area contributed by atoms with E-state index >= 15 is 0 Å². The van der Waals surface area contributed by atoms with E-state index in [1.54, 1.807) is 12.4 Å². The van der Waals surface area contributed by atoms with Gasteiger partial charge < -0.3 is 21.7 Å². The summed E-state index contributed by atoms with van der Waals surface area (Å²) < 4.78 is 0. The van der Waals surface area contributed by atoms with E-state index in [9.17, 15) is 0 Å². The van der Waals surface area contributed by atoms with Crippen LogP contribution in [0.2, 0.25) is 0 Å². The highest BCUT2D eigenvalue weighted by molar-refractivity contribution is 5.77. The fourth-order valence-electron chi connectivity index (χ4n) is 1.58. The molecule has 5 heteroatoms. The standard InChI is InChI=1S/C11H21N5/c1-3-16(4-2)6-5-15-11-9(12)7-14-8-10(11)13/h7-8H,3-6,12-13H2,1-2H3,(H,14,15). The number of hydrogen-bond acceptors (Lipinski definition) is 5. The van der Waals surface area contributed by atoms with Gasteiger partial charge in [0.25, 0.3) is 0 Å². The Balaban J connectivity index is 2.48. The van der Waals surface area contributed by atoms with Crippen molar-refractivity contribution >= 4 is 17.1 Å². The topological polar surface area (TPSA) is 80.2 Å². The van der Waals surface area contributed by atoms with E-state index < -0.39 is 0 Å². The maximum absolute atomic E-state index is 5.78. The van der Waals surface area contributed by atoms with Crippen LogP contribution in [0, 0.1) is 0 Å². The lowest BCUT2D eigenvalue weighted by molar-refractivity contribution is 0.316. The van der Waals surface area contributed by atoms with Gasteiger partial charge in [-0.25, -0.2) is 0 Å². The molecule has 1 rings (SSSR count). The molecule has 0 aliphatic heterocycles. The number of nitrogens with two attached hydrogens (primary N) is 2. The Labute approximate surface area is 96.8 Å². The average molecular weight is 223 g/mol. The zero-order valence-electron chi connectivity index (χ0n) is 10.0. The van der Waals surface area contributed by atoms with Gasteiger partial charge in [-0.15, -0.1) is 0 Å². The number of hydrogen-bond donors (Lipinski definition) is 3. The highest BCUT2D eigenvalue weighted by Crippen LogP contribution is 2.23. The molecule has 0 unspecified atom stereocenters. The second-order valence-corrected chi connectivity index (χ2v) is 3.65. The van der Waals surface area contributed by atoms with Crippen molar-refractivity contribution in [2.24, 2.45) is 0 Å². The van der Waals surface area contributed by atoms with Gasteiger partial charge in [-0.2, -0.15) is 0 Å². The largest absolute Gasteiger partial charge is 0.396 e. The van der Waals surface area contributed by atoms with Crippen LogP contribution in [0.3, 0.4) is 0 Å². The summed E-state index contributed by atoms with van der Waals surface area (Å²) >= 11 is 0. The van der Waals surface area contributed by atoms with E-state index in [1.165, 1.54) is 0 Å². The molecule has 0 spiro atoms. The monoisotopic (exact) mass is 223 g/mol. The Bertz CT molecular complexity index is 302. The average Bonchev–Trinajstić information content (AvgIpc) is 2.28. The molecule has 0 radical (unpaired) electrons. The SMILES string of the molecule is CCN(CC)CCNc1c(N)cncc1N. The first-order valence-corrected chi connectivity index (χ1v) is 5.64. The van der Waals surface area contributed by atoms with Crippen molar-refractivity contribution in [3.63, 3.8) is 0 Å². The molecule has 0 saturated carbocycles. The molecule has 0 fully saturated rings. The van der Waals surface area contributed by atoms with Crippen LogP contribution in [-0.4, -0.2) is 36.1 Å². The molecule has 16 heavy (non-hydrogen) atoms. The van der Waals surface area contributed by atoms with Crippen molar-refractivity contribution in [1.82, 2.24) is 9.88 Å². The lowest BCUT2D eigenvalue weighted by Gasteiger charge is -2.19. The first-order chi connectivity index (χ1) is 7.69. The Kier molecular flexibility index (Phi) is 4.85. The first kappa shape index (κ1) is 12.6. The molecule has 0 atom stereocenters. The van der Waals surface area contributed by atoms with Gasteiger partial charge in [0.1, 0.15) is 0 Å². The van der Waals surface area contributed by atoms with Crippen molar-refractivity contribution in [3.8, 4) is 0 Å². The Morgan fingerprint density at radius 1 is 1.19 bits per heavy atom. The van der Waals surface area contributed by atoms with Crippen LogP contribution in [0.15, 0.2) is 12.4 Å². The summed E-state index contributed by atoms with van der Waals surface area (Å²) in [5.74, 6) is 0. The maximum Gasteiger partial charge on any atom is 0.0839 e. The molecular weight excluding hydrogens is 202 g/mol. The third-order valence-electron chi connectivity index (χ3n) is 2.63.